The Labute approximate surface area is 109 Å². The van der Waals surface area contributed by atoms with Crippen LogP contribution in [0.1, 0.15) is 0 Å². The molecule has 0 heterocycles. The summed E-state index contributed by atoms with van der Waals surface area (Å²) in [5.74, 6) is -0.865. The van der Waals surface area contributed by atoms with Crippen molar-refractivity contribution >= 4 is 37.0 Å². The van der Waals surface area contributed by atoms with Crippen LogP contribution in [0, 0.1) is 10.1 Å². The first-order chi connectivity index (χ1) is 8.14. The van der Waals surface area contributed by atoms with Crippen LogP contribution in [-0.2, 0) is 9.05 Å². The first kappa shape index (κ1) is 14.9. The topological polar surface area (TPSA) is 86.5 Å². The molecule has 0 atom stereocenters. The quantitative estimate of drug-likeness (QED) is 0.483. The fraction of sp³-hybridized carbons (Fsp3) is 0.143. The molecule has 0 aliphatic heterocycles. The number of nitro benzene ring substituents is 1. The zero-order valence-electron chi connectivity index (χ0n) is 8.14. The lowest BCUT2D eigenvalue weighted by Gasteiger charge is -2.09. The molecule has 18 heavy (non-hydrogen) atoms. The number of nitrogens with zero attached hydrogens (tertiary/aromatic N) is 1. The molecule has 1 rings (SSSR count). The Hall–Kier alpha value is -1.19. The predicted molar refractivity (Wildman–Crippen MR) is 57.8 cm³/mol. The molecule has 0 aromatic heterocycles. The van der Waals surface area contributed by atoms with Crippen molar-refractivity contribution in [2.45, 2.75) is 11.5 Å². The molecule has 0 amide bonds. The third kappa shape index (κ3) is 3.18. The molecule has 100 valence electrons. The van der Waals surface area contributed by atoms with E-state index >= 15 is 0 Å². The van der Waals surface area contributed by atoms with Crippen LogP contribution in [0.25, 0.3) is 0 Å². The maximum Gasteiger partial charge on any atom is 0.387 e. The zero-order valence-corrected chi connectivity index (χ0v) is 10.5. The minimum atomic E-state index is -4.59. The lowest BCUT2D eigenvalue weighted by molar-refractivity contribution is -0.385. The number of rotatable bonds is 4. The van der Waals surface area contributed by atoms with E-state index in [1.165, 1.54) is 0 Å². The number of alkyl halides is 2. The summed E-state index contributed by atoms with van der Waals surface area (Å²) in [6.45, 7) is -3.33. The SMILES string of the molecule is O=[N+]([O-])c1ccc(OC(F)F)c(S(=O)(=O)Cl)c1Cl. The summed E-state index contributed by atoms with van der Waals surface area (Å²) in [5, 5.41) is 9.63. The lowest BCUT2D eigenvalue weighted by atomic mass is 10.3. The molecular weight excluding hydrogens is 319 g/mol. The van der Waals surface area contributed by atoms with E-state index in [0.29, 0.717) is 6.07 Å². The van der Waals surface area contributed by atoms with Crippen LogP contribution in [0.5, 0.6) is 5.75 Å². The summed E-state index contributed by atoms with van der Waals surface area (Å²) in [7, 11) is 0.381. The second kappa shape index (κ2) is 5.21. The molecule has 6 nitrogen and oxygen atoms in total. The fourth-order valence-electron chi connectivity index (χ4n) is 1.08. The Morgan fingerprint density at radius 3 is 2.33 bits per heavy atom. The van der Waals surface area contributed by atoms with Crippen LogP contribution in [-0.4, -0.2) is 20.0 Å². The van der Waals surface area contributed by atoms with E-state index in [4.69, 9.17) is 22.3 Å². The zero-order chi connectivity index (χ0) is 14.1. The van der Waals surface area contributed by atoms with Gasteiger partial charge < -0.3 is 4.74 Å². The number of nitro groups is 1. The number of halogens is 4. The van der Waals surface area contributed by atoms with Crippen molar-refractivity contribution in [3.63, 3.8) is 0 Å². The molecule has 1 aromatic carbocycles. The van der Waals surface area contributed by atoms with Gasteiger partial charge in [-0.2, -0.15) is 8.78 Å². The van der Waals surface area contributed by atoms with E-state index in [0.717, 1.165) is 6.07 Å². The van der Waals surface area contributed by atoms with Gasteiger partial charge in [-0.3, -0.25) is 10.1 Å². The Morgan fingerprint density at radius 2 is 1.94 bits per heavy atom. The maximum absolute atomic E-state index is 12.0. The first-order valence-electron chi connectivity index (χ1n) is 4.01. The molecule has 0 unspecified atom stereocenters. The second-order valence-electron chi connectivity index (χ2n) is 2.80. The average Bonchev–Trinajstić information content (AvgIpc) is 2.13. The molecule has 0 saturated carbocycles. The summed E-state index contributed by atoms with van der Waals surface area (Å²) < 4.78 is 50.3. The van der Waals surface area contributed by atoms with Crippen LogP contribution in [0.2, 0.25) is 5.02 Å². The molecular formula is C7H3Cl2F2NO5S. The molecule has 0 aliphatic carbocycles. The summed E-state index contributed by atoms with van der Waals surface area (Å²) in [5.41, 5.74) is -0.794. The van der Waals surface area contributed by atoms with Gasteiger partial charge in [0.05, 0.1) is 4.92 Å². The van der Waals surface area contributed by atoms with E-state index in [-0.39, 0.29) is 0 Å². The van der Waals surface area contributed by atoms with Crippen LogP contribution in [0.15, 0.2) is 17.0 Å². The van der Waals surface area contributed by atoms with Crippen molar-refractivity contribution in [1.82, 2.24) is 0 Å². The standard InChI is InChI=1S/C7H3Cl2F2NO5S/c8-5-3(12(13)14)1-2-4(17-7(10)11)6(5)18(9,15)16/h1-2,7H. The van der Waals surface area contributed by atoms with Crippen molar-refractivity contribution < 1.29 is 26.9 Å². The Balaban J connectivity index is 3.57. The third-order valence-corrected chi connectivity index (χ3v) is 3.55. The smallest absolute Gasteiger partial charge is 0.387 e. The third-order valence-electron chi connectivity index (χ3n) is 1.70. The van der Waals surface area contributed by atoms with Gasteiger partial charge in [0.1, 0.15) is 10.8 Å². The van der Waals surface area contributed by atoms with Gasteiger partial charge in [-0.15, -0.1) is 0 Å². The first-order valence-corrected chi connectivity index (χ1v) is 6.69. The number of hydrogen-bond acceptors (Lipinski definition) is 5. The van der Waals surface area contributed by atoms with Gasteiger partial charge in [-0.1, -0.05) is 11.6 Å². The van der Waals surface area contributed by atoms with Gasteiger partial charge in [-0.05, 0) is 6.07 Å². The Morgan fingerprint density at radius 1 is 1.39 bits per heavy atom. The predicted octanol–water partition coefficient (Wildman–Crippen LogP) is 2.78. The molecule has 11 heteroatoms. The molecule has 0 N–H and O–H groups in total. The second-order valence-corrected chi connectivity index (χ2v) is 5.68. The summed E-state index contributed by atoms with van der Waals surface area (Å²) in [4.78, 5) is 8.47. The number of benzene rings is 1. The minimum Gasteiger partial charge on any atom is -0.433 e. The Bertz CT molecular complexity index is 592. The lowest BCUT2D eigenvalue weighted by Crippen LogP contribution is -2.07. The van der Waals surface area contributed by atoms with Crippen molar-refractivity contribution in [2.24, 2.45) is 0 Å². The van der Waals surface area contributed by atoms with Crippen molar-refractivity contribution in [2.75, 3.05) is 0 Å². The van der Waals surface area contributed by atoms with E-state index < -0.39 is 41.9 Å². The number of ether oxygens (including phenoxy) is 1. The molecule has 1 aromatic rings. The molecule has 0 radical (unpaired) electrons. The van der Waals surface area contributed by atoms with Crippen LogP contribution in [0.3, 0.4) is 0 Å². The summed E-state index contributed by atoms with van der Waals surface area (Å²) in [6, 6.07) is 1.40. The Kier molecular flexibility index (Phi) is 4.30. The fourth-order valence-corrected chi connectivity index (χ4v) is 2.87. The van der Waals surface area contributed by atoms with Gasteiger partial charge >= 0.3 is 6.61 Å². The number of hydrogen-bond donors (Lipinski definition) is 0. The highest BCUT2D eigenvalue weighted by Gasteiger charge is 2.29. The molecule has 0 saturated heterocycles. The van der Waals surface area contributed by atoms with Gasteiger partial charge in [0.25, 0.3) is 14.7 Å². The molecule has 0 spiro atoms. The molecule has 0 fully saturated rings. The minimum absolute atomic E-state index is 0.672. The normalized spacial score (nSPS) is 11.6. The maximum atomic E-state index is 12.0. The van der Waals surface area contributed by atoms with Gasteiger partial charge in [0, 0.05) is 16.7 Å². The largest absolute Gasteiger partial charge is 0.433 e. The van der Waals surface area contributed by atoms with Crippen molar-refractivity contribution in [3.8, 4) is 5.75 Å². The average molecular weight is 322 g/mol. The van der Waals surface area contributed by atoms with Crippen LogP contribution in [0.4, 0.5) is 14.5 Å². The van der Waals surface area contributed by atoms with Gasteiger partial charge in [-0.25, -0.2) is 8.42 Å². The van der Waals surface area contributed by atoms with Gasteiger partial charge in [0.15, 0.2) is 4.90 Å². The van der Waals surface area contributed by atoms with E-state index in [9.17, 15) is 27.3 Å². The van der Waals surface area contributed by atoms with E-state index in [2.05, 4.69) is 4.74 Å². The highest BCUT2D eigenvalue weighted by molar-refractivity contribution is 8.14. The highest BCUT2D eigenvalue weighted by atomic mass is 35.7. The van der Waals surface area contributed by atoms with Crippen molar-refractivity contribution in [1.29, 1.82) is 0 Å². The molecule has 0 aliphatic rings. The van der Waals surface area contributed by atoms with Crippen LogP contribution < -0.4 is 4.74 Å². The van der Waals surface area contributed by atoms with Crippen LogP contribution >= 0.6 is 22.3 Å². The molecule has 0 bridgehead atoms. The van der Waals surface area contributed by atoms with E-state index in [1.807, 2.05) is 0 Å². The summed E-state index contributed by atoms with van der Waals surface area (Å²) >= 11 is 5.45. The highest BCUT2D eigenvalue weighted by Crippen LogP contribution is 2.40. The van der Waals surface area contributed by atoms with Crippen molar-refractivity contribution in [3.05, 3.63) is 27.3 Å². The van der Waals surface area contributed by atoms with E-state index in [1.54, 1.807) is 0 Å². The monoisotopic (exact) mass is 321 g/mol. The summed E-state index contributed by atoms with van der Waals surface area (Å²) in [6.07, 6.45) is 0. The van der Waals surface area contributed by atoms with Gasteiger partial charge in [0.2, 0.25) is 0 Å².